The number of alkyl halides is 3. The first kappa shape index (κ1) is 26.4. The summed E-state index contributed by atoms with van der Waals surface area (Å²) in [5, 5.41) is 14.4. The number of H-pyrrole nitrogens is 1. The first-order chi connectivity index (χ1) is 17.9. The van der Waals surface area contributed by atoms with E-state index >= 15 is 0 Å². The van der Waals surface area contributed by atoms with E-state index in [-0.39, 0.29) is 22.7 Å². The summed E-state index contributed by atoms with van der Waals surface area (Å²) in [5.41, 5.74) is -0.620. The molecule has 0 saturated heterocycles. The molecule has 3 N–H and O–H groups in total. The van der Waals surface area contributed by atoms with E-state index in [0.717, 1.165) is 17.5 Å². The molecule has 0 aliphatic rings. The average Bonchev–Trinajstić information content (AvgIpc) is 3.31. The number of hydrogen-bond donors (Lipinski definition) is 3. The molecule has 0 bridgehead atoms. The van der Waals surface area contributed by atoms with Crippen LogP contribution in [0.1, 0.15) is 16.8 Å². The number of nitro benzene ring substituents is 1. The molecule has 0 atom stereocenters. The Hall–Kier alpha value is -4.66. The normalized spacial score (nSPS) is 11.8. The molecule has 198 valence electrons. The smallest absolute Gasteiger partial charge is 0.390 e. The Morgan fingerprint density at radius 2 is 1.89 bits per heavy atom. The highest BCUT2D eigenvalue weighted by atomic mass is 32.2. The molecular formula is C23H18F3N5O6S. The van der Waals surface area contributed by atoms with E-state index in [4.69, 9.17) is 4.74 Å². The first-order valence-corrected chi connectivity index (χ1v) is 12.3. The average molecular weight is 549 g/mol. The van der Waals surface area contributed by atoms with E-state index in [9.17, 15) is 36.5 Å². The number of sulfonamides is 1. The Bertz CT molecular complexity index is 1620. The quantitative estimate of drug-likeness (QED) is 0.200. The zero-order chi connectivity index (χ0) is 27.5. The number of nitro groups is 1. The van der Waals surface area contributed by atoms with Crippen LogP contribution in [0.2, 0.25) is 0 Å². The third-order valence-electron chi connectivity index (χ3n) is 5.16. The lowest BCUT2D eigenvalue weighted by Crippen LogP contribution is -2.31. The third kappa shape index (κ3) is 6.18. The number of nitrogens with one attached hydrogen (secondary N) is 3. The molecule has 0 spiro atoms. The minimum Gasteiger partial charge on any atom is -0.455 e. The fraction of sp³-hybridized carbons (Fsp3) is 0.130. The van der Waals surface area contributed by atoms with Gasteiger partial charge in [-0.2, -0.15) is 13.2 Å². The number of hydrogen-bond acceptors (Lipinski definition) is 8. The van der Waals surface area contributed by atoms with Crippen LogP contribution in [0.25, 0.3) is 11.0 Å². The van der Waals surface area contributed by atoms with Gasteiger partial charge in [-0.1, -0.05) is 12.1 Å². The second-order valence-corrected chi connectivity index (χ2v) is 9.53. The van der Waals surface area contributed by atoms with E-state index < -0.39 is 50.6 Å². The molecule has 2 aromatic heterocycles. The number of nitrogens with zero attached hydrogens (tertiary/aromatic N) is 2. The Kier molecular flexibility index (Phi) is 7.21. The van der Waals surface area contributed by atoms with E-state index in [1.807, 2.05) is 4.72 Å². The molecule has 38 heavy (non-hydrogen) atoms. The van der Waals surface area contributed by atoms with Gasteiger partial charge in [-0.05, 0) is 36.4 Å². The molecule has 0 radical (unpaired) electrons. The van der Waals surface area contributed by atoms with E-state index in [1.165, 1.54) is 24.4 Å². The van der Waals surface area contributed by atoms with Gasteiger partial charge in [0.15, 0.2) is 0 Å². The van der Waals surface area contributed by atoms with E-state index in [0.29, 0.717) is 11.7 Å². The van der Waals surface area contributed by atoms with Gasteiger partial charge < -0.3 is 15.0 Å². The zero-order valence-electron chi connectivity index (χ0n) is 19.2. The number of halogens is 3. The maximum absolute atomic E-state index is 12.9. The number of carbonyl (C=O) groups is 1. The Balaban J connectivity index is 1.54. The monoisotopic (exact) mass is 549 g/mol. The SMILES string of the molecule is O=C(NS(=O)(=O)c1ccc(NCCC(F)(F)F)c([N+](=O)[O-])c1)c1ccccc1Oc1cnc2[nH]ccc2c1. The molecule has 0 fully saturated rings. The van der Waals surface area contributed by atoms with Crippen LogP contribution in [0.15, 0.2) is 71.9 Å². The molecule has 11 nitrogen and oxygen atoms in total. The number of fused-ring (bicyclic) bond motifs is 1. The fourth-order valence-corrected chi connectivity index (χ4v) is 4.39. The number of pyridine rings is 1. The number of benzene rings is 2. The van der Waals surface area contributed by atoms with Gasteiger partial charge in [0.1, 0.15) is 22.8 Å². The van der Waals surface area contributed by atoms with Crippen molar-refractivity contribution in [2.75, 3.05) is 11.9 Å². The second kappa shape index (κ2) is 10.4. The molecule has 0 unspecified atom stereocenters. The number of para-hydroxylation sites is 1. The van der Waals surface area contributed by atoms with Crippen molar-refractivity contribution in [3.63, 3.8) is 0 Å². The maximum atomic E-state index is 12.9. The van der Waals surface area contributed by atoms with Crippen molar-refractivity contribution in [2.24, 2.45) is 0 Å². The number of aromatic nitrogens is 2. The van der Waals surface area contributed by atoms with Gasteiger partial charge >= 0.3 is 6.18 Å². The minimum atomic E-state index is -4.62. The van der Waals surface area contributed by atoms with Gasteiger partial charge in [-0.25, -0.2) is 18.1 Å². The van der Waals surface area contributed by atoms with Crippen LogP contribution >= 0.6 is 0 Å². The lowest BCUT2D eigenvalue weighted by atomic mass is 10.2. The van der Waals surface area contributed by atoms with Crippen LogP contribution in [-0.2, 0) is 10.0 Å². The highest BCUT2D eigenvalue weighted by Crippen LogP contribution is 2.30. The summed E-state index contributed by atoms with van der Waals surface area (Å²) >= 11 is 0. The third-order valence-corrected chi connectivity index (χ3v) is 6.49. The number of anilines is 1. The summed E-state index contributed by atoms with van der Waals surface area (Å²) in [6, 6.07) is 11.8. The number of carbonyl (C=O) groups excluding carboxylic acids is 1. The largest absolute Gasteiger partial charge is 0.455 e. The van der Waals surface area contributed by atoms with Crippen LogP contribution in [0.5, 0.6) is 11.5 Å². The number of aromatic amines is 1. The standard InChI is InChI=1S/C23H18F3N5O6S/c24-23(25,26)8-10-27-18-6-5-16(12-19(18)31(33)34)38(35,36)30-22(32)17-3-1-2-4-20(17)37-15-11-14-7-9-28-21(14)29-13-15/h1-7,9,11-13,27H,8,10H2,(H,28,29)(H,30,32). The topological polar surface area (TPSA) is 156 Å². The van der Waals surface area contributed by atoms with Crippen molar-refractivity contribution in [3.8, 4) is 11.5 Å². The van der Waals surface area contributed by atoms with Crippen molar-refractivity contribution in [3.05, 3.63) is 82.7 Å². The molecule has 0 aliphatic heterocycles. The highest BCUT2D eigenvalue weighted by molar-refractivity contribution is 7.90. The molecule has 0 saturated carbocycles. The van der Waals surface area contributed by atoms with Gasteiger partial charge in [0.25, 0.3) is 21.6 Å². The van der Waals surface area contributed by atoms with Crippen LogP contribution < -0.4 is 14.8 Å². The Morgan fingerprint density at radius 1 is 1.13 bits per heavy atom. The number of ether oxygens (including phenoxy) is 1. The Labute approximate surface area is 212 Å². The predicted octanol–water partition coefficient (Wildman–Crippen LogP) is 4.75. The van der Waals surface area contributed by atoms with Crippen molar-refractivity contribution in [1.29, 1.82) is 0 Å². The van der Waals surface area contributed by atoms with Crippen molar-refractivity contribution >= 4 is 38.3 Å². The van der Waals surface area contributed by atoms with Crippen LogP contribution in [0, 0.1) is 10.1 Å². The van der Waals surface area contributed by atoms with Crippen molar-refractivity contribution < 1.29 is 36.0 Å². The number of amides is 1. The summed E-state index contributed by atoms with van der Waals surface area (Å²) in [5.74, 6) is -0.775. The van der Waals surface area contributed by atoms with Gasteiger partial charge in [-0.15, -0.1) is 0 Å². The van der Waals surface area contributed by atoms with E-state index in [2.05, 4.69) is 15.3 Å². The zero-order valence-corrected chi connectivity index (χ0v) is 20.0. The molecule has 2 heterocycles. The molecule has 15 heteroatoms. The lowest BCUT2D eigenvalue weighted by Gasteiger charge is -2.13. The molecule has 4 rings (SSSR count). The second-order valence-electron chi connectivity index (χ2n) is 7.85. The van der Waals surface area contributed by atoms with Crippen LogP contribution in [0.3, 0.4) is 0 Å². The molecule has 1 amide bonds. The predicted molar refractivity (Wildman–Crippen MR) is 130 cm³/mol. The summed E-state index contributed by atoms with van der Waals surface area (Å²) in [7, 11) is -4.62. The lowest BCUT2D eigenvalue weighted by molar-refractivity contribution is -0.384. The molecule has 2 aromatic carbocycles. The van der Waals surface area contributed by atoms with Crippen LogP contribution in [0.4, 0.5) is 24.5 Å². The van der Waals surface area contributed by atoms with Crippen molar-refractivity contribution in [2.45, 2.75) is 17.5 Å². The van der Waals surface area contributed by atoms with Gasteiger partial charge in [0, 0.05) is 24.2 Å². The first-order valence-electron chi connectivity index (χ1n) is 10.8. The Morgan fingerprint density at radius 3 is 2.63 bits per heavy atom. The number of rotatable bonds is 9. The summed E-state index contributed by atoms with van der Waals surface area (Å²) in [6.07, 6.45) is -2.64. The molecule has 4 aromatic rings. The molecule has 0 aliphatic carbocycles. The van der Waals surface area contributed by atoms with Gasteiger partial charge in [-0.3, -0.25) is 14.9 Å². The minimum absolute atomic E-state index is 0.0204. The maximum Gasteiger partial charge on any atom is 0.390 e. The summed E-state index contributed by atoms with van der Waals surface area (Å²) in [6.45, 7) is -0.656. The summed E-state index contributed by atoms with van der Waals surface area (Å²) in [4.78, 5) is 29.8. The molecular weight excluding hydrogens is 531 g/mol. The van der Waals surface area contributed by atoms with Gasteiger partial charge in [0.05, 0.1) is 28.0 Å². The fourth-order valence-electron chi connectivity index (χ4n) is 3.40. The summed E-state index contributed by atoms with van der Waals surface area (Å²) < 4.78 is 70.5. The van der Waals surface area contributed by atoms with E-state index in [1.54, 1.807) is 24.4 Å². The highest BCUT2D eigenvalue weighted by Gasteiger charge is 2.28. The van der Waals surface area contributed by atoms with Gasteiger partial charge in [0.2, 0.25) is 0 Å². The van der Waals surface area contributed by atoms with Crippen LogP contribution in [-0.4, -0.2) is 41.9 Å². The van der Waals surface area contributed by atoms with Crippen molar-refractivity contribution in [1.82, 2.24) is 14.7 Å².